The fourth-order valence-corrected chi connectivity index (χ4v) is 3.56. The first-order valence-corrected chi connectivity index (χ1v) is 11.0. The van der Waals surface area contributed by atoms with E-state index in [9.17, 15) is 18.4 Å². The van der Waals surface area contributed by atoms with Crippen LogP contribution in [0, 0.1) is 11.6 Å². The number of ether oxygens (including phenoxy) is 1. The lowest BCUT2D eigenvalue weighted by atomic mass is 10.1. The molecule has 0 unspecified atom stereocenters. The largest absolute Gasteiger partial charge is 0.374 e. The Kier molecular flexibility index (Phi) is 8.73. The summed E-state index contributed by atoms with van der Waals surface area (Å²) in [6, 6.07) is 10.7. The molecular formula is C24H30F2N4O3. The molecule has 0 aromatic heterocycles. The molecule has 33 heavy (non-hydrogen) atoms. The van der Waals surface area contributed by atoms with Crippen molar-refractivity contribution in [2.75, 3.05) is 26.2 Å². The fraction of sp³-hybridized carbons (Fsp3) is 0.417. The second kappa shape index (κ2) is 11.7. The zero-order valence-electron chi connectivity index (χ0n) is 18.9. The summed E-state index contributed by atoms with van der Waals surface area (Å²) >= 11 is 0. The van der Waals surface area contributed by atoms with Gasteiger partial charge in [0.15, 0.2) is 11.6 Å². The van der Waals surface area contributed by atoms with Gasteiger partial charge in [0.1, 0.15) is 0 Å². The summed E-state index contributed by atoms with van der Waals surface area (Å²) in [4.78, 5) is 26.4. The van der Waals surface area contributed by atoms with E-state index in [0.717, 1.165) is 11.6 Å². The third-order valence-corrected chi connectivity index (χ3v) is 5.17. The highest BCUT2D eigenvalue weighted by atomic mass is 19.2. The number of nitrogens with one attached hydrogen (secondary N) is 3. The van der Waals surface area contributed by atoms with Crippen LogP contribution < -0.4 is 16.0 Å². The van der Waals surface area contributed by atoms with Crippen molar-refractivity contribution in [2.45, 2.75) is 39.1 Å². The number of amides is 3. The van der Waals surface area contributed by atoms with Crippen molar-refractivity contribution in [1.82, 2.24) is 20.9 Å². The van der Waals surface area contributed by atoms with E-state index in [1.807, 2.05) is 19.9 Å². The van der Waals surface area contributed by atoms with Gasteiger partial charge in [-0.25, -0.2) is 13.6 Å². The summed E-state index contributed by atoms with van der Waals surface area (Å²) in [5.74, 6) is -1.88. The molecule has 0 radical (unpaired) electrons. The van der Waals surface area contributed by atoms with Crippen molar-refractivity contribution in [3.05, 3.63) is 70.8 Å². The number of carbonyl (C=O) groups is 2. The molecule has 0 saturated carbocycles. The van der Waals surface area contributed by atoms with Crippen LogP contribution in [0.2, 0.25) is 0 Å². The molecule has 7 nitrogen and oxygen atoms in total. The molecule has 2 aromatic rings. The lowest BCUT2D eigenvalue weighted by Gasteiger charge is -2.33. The summed E-state index contributed by atoms with van der Waals surface area (Å²) in [6.45, 7) is 6.58. The monoisotopic (exact) mass is 460 g/mol. The highest BCUT2D eigenvalue weighted by Gasteiger charge is 2.21. The molecule has 9 heteroatoms. The first kappa shape index (κ1) is 24.6. The van der Waals surface area contributed by atoms with Gasteiger partial charge in [-0.1, -0.05) is 18.2 Å². The van der Waals surface area contributed by atoms with Gasteiger partial charge in [0, 0.05) is 44.3 Å². The van der Waals surface area contributed by atoms with Gasteiger partial charge in [0.2, 0.25) is 0 Å². The predicted octanol–water partition coefficient (Wildman–Crippen LogP) is 2.80. The zero-order chi connectivity index (χ0) is 23.8. The smallest absolute Gasteiger partial charge is 0.315 e. The van der Waals surface area contributed by atoms with E-state index in [1.54, 1.807) is 24.3 Å². The number of morpholine rings is 1. The van der Waals surface area contributed by atoms with Gasteiger partial charge in [0.25, 0.3) is 5.91 Å². The van der Waals surface area contributed by atoms with Crippen molar-refractivity contribution in [3.8, 4) is 0 Å². The summed E-state index contributed by atoms with van der Waals surface area (Å²) in [5.41, 5.74) is 2.04. The highest BCUT2D eigenvalue weighted by Crippen LogP contribution is 2.13. The molecule has 0 spiro atoms. The van der Waals surface area contributed by atoms with Gasteiger partial charge >= 0.3 is 6.03 Å². The minimum atomic E-state index is -0.862. The van der Waals surface area contributed by atoms with Crippen LogP contribution in [0.15, 0.2) is 42.5 Å². The maximum absolute atomic E-state index is 13.4. The van der Waals surface area contributed by atoms with Crippen LogP contribution in [0.25, 0.3) is 0 Å². The van der Waals surface area contributed by atoms with E-state index in [-0.39, 0.29) is 30.6 Å². The Labute approximate surface area is 192 Å². The molecule has 3 N–H and O–H groups in total. The van der Waals surface area contributed by atoms with Gasteiger partial charge < -0.3 is 20.7 Å². The maximum atomic E-state index is 13.4. The normalized spacial score (nSPS) is 16.5. The van der Waals surface area contributed by atoms with Gasteiger partial charge in [-0.05, 0) is 49.2 Å². The molecule has 0 aliphatic carbocycles. The minimum Gasteiger partial charge on any atom is -0.374 e. The Morgan fingerprint density at radius 2 is 1.91 bits per heavy atom. The summed E-state index contributed by atoms with van der Waals surface area (Å²) in [6.07, 6.45) is -0.210. The van der Waals surface area contributed by atoms with Gasteiger partial charge in [-0.15, -0.1) is 0 Å². The van der Waals surface area contributed by atoms with Gasteiger partial charge in [0.05, 0.1) is 12.7 Å². The summed E-state index contributed by atoms with van der Waals surface area (Å²) in [5, 5.41) is 8.42. The predicted molar refractivity (Wildman–Crippen MR) is 121 cm³/mol. The van der Waals surface area contributed by atoms with Crippen molar-refractivity contribution >= 4 is 11.9 Å². The third kappa shape index (κ3) is 7.80. The third-order valence-electron chi connectivity index (χ3n) is 5.17. The first-order valence-electron chi connectivity index (χ1n) is 11.0. The Morgan fingerprint density at radius 3 is 2.67 bits per heavy atom. The fourth-order valence-electron chi connectivity index (χ4n) is 3.56. The molecule has 2 aromatic carbocycles. The van der Waals surface area contributed by atoms with E-state index in [4.69, 9.17) is 4.74 Å². The quantitative estimate of drug-likeness (QED) is 0.566. The number of rotatable bonds is 8. The summed E-state index contributed by atoms with van der Waals surface area (Å²) < 4.78 is 32.3. The molecule has 1 aliphatic rings. The average molecular weight is 461 g/mol. The molecule has 3 rings (SSSR count). The van der Waals surface area contributed by atoms with E-state index < -0.39 is 11.6 Å². The lowest BCUT2D eigenvalue weighted by Crippen LogP contribution is -2.48. The van der Waals surface area contributed by atoms with E-state index in [1.165, 1.54) is 6.07 Å². The molecule has 1 fully saturated rings. The molecule has 1 aliphatic heterocycles. The lowest BCUT2D eigenvalue weighted by molar-refractivity contribution is -0.0287. The molecule has 3 amide bonds. The van der Waals surface area contributed by atoms with Crippen LogP contribution in [0.5, 0.6) is 0 Å². The van der Waals surface area contributed by atoms with Crippen LogP contribution in [0.4, 0.5) is 13.6 Å². The van der Waals surface area contributed by atoms with E-state index >= 15 is 0 Å². The molecular weight excluding hydrogens is 430 g/mol. The van der Waals surface area contributed by atoms with Crippen LogP contribution in [0.3, 0.4) is 0 Å². The Hall–Kier alpha value is -3.04. The Bertz CT molecular complexity index is 970. The maximum Gasteiger partial charge on any atom is 0.315 e. The zero-order valence-corrected chi connectivity index (χ0v) is 18.9. The number of urea groups is 1. The number of carbonyl (C=O) groups excluding carboxylic acids is 2. The molecule has 1 atom stereocenters. The average Bonchev–Trinajstić information content (AvgIpc) is 2.79. The second-order valence-electron chi connectivity index (χ2n) is 8.37. The van der Waals surface area contributed by atoms with Crippen LogP contribution >= 0.6 is 0 Å². The molecule has 1 heterocycles. The number of halogens is 2. The van der Waals surface area contributed by atoms with Crippen LogP contribution in [-0.2, 0) is 17.8 Å². The minimum absolute atomic E-state index is 0.0415. The highest BCUT2D eigenvalue weighted by molar-refractivity contribution is 5.94. The SMILES string of the molecule is CC(C)NC(=O)c1cccc(CNC(=O)NC[C@H]2CN(Cc3ccc(F)c(F)c3)CCO2)c1. The van der Waals surface area contributed by atoms with Crippen molar-refractivity contribution in [1.29, 1.82) is 0 Å². The Morgan fingerprint density at radius 1 is 1.09 bits per heavy atom. The molecule has 1 saturated heterocycles. The molecule has 178 valence electrons. The van der Waals surface area contributed by atoms with Crippen LogP contribution in [0.1, 0.15) is 35.3 Å². The number of hydrogen-bond donors (Lipinski definition) is 3. The van der Waals surface area contributed by atoms with Gasteiger partial charge in [-0.3, -0.25) is 9.69 Å². The summed E-state index contributed by atoms with van der Waals surface area (Å²) in [7, 11) is 0. The number of benzene rings is 2. The first-order chi connectivity index (χ1) is 15.8. The van der Waals surface area contributed by atoms with Crippen LogP contribution in [-0.4, -0.2) is 55.2 Å². The second-order valence-corrected chi connectivity index (χ2v) is 8.37. The Balaban J connectivity index is 1.42. The molecule has 0 bridgehead atoms. The topological polar surface area (TPSA) is 82.7 Å². The van der Waals surface area contributed by atoms with Crippen molar-refractivity contribution in [3.63, 3.8) is 0 Å². The van der Waals surface area contributed by atoms with E-state index in [2.05, 4.69) is 20.9 Å². The van der Waals surface area contributed by atoms with Crippen molar-refractivity contribution < 1.29 is 23.1 Å². The number of hydrogen-bond acceptors (Lipinski definition) is 4. The number of nitrogens with zero attached hydrogens (tertiary/aromatic N) is 1. The standard InChI is InChI=1S/C24H30F2N4O3/c1-16(2)29-23(31)19-5-3-4-17(10-19)12-27-24(32)28-13-20-15-30(8-9-33-20)14-18-6-7-21(25)22(26)11-18/h3-7,10-11,16,20H,8-9,12-15H2,1-2H3,(H,29,31)(H2,27,28,32)/t20-/m0/s1. The van der Waals surface area contributed by atoms with Gasteiger partial charge in [-0.2, -0.15) is 0 Å². The van der Waals surface area contributed by atoms with E-state index in [0.29, 0.717) is 43.9 Å². The van der Waals surface area contributed by atoms with Crippen molar-refractivity contribution in [2.24, 2.45) is 0 Å².